The molecule has 0 amide bonds. The molecule has 6 heteroatoms. The van der Waals surface area contributed by atoms with Crippen molar-refractivity contribution in [3.8, 4) is 0 Å². The molecule has 0 spiro atoms. The Morgan fingerprint density at radius 3 is 1.56 bits per heavy atom. The number of hydrogen-bond donors (Lipinski definition) is 2. The third-order valence-electron chi connectivity index (χ3n) is 0.459. The van der Waals surface area contributed by atoms with Crippen molar-refractivity contribution in [2.24, 2.45) is 0 Å². The van der Waals surface area contributed by atoms with E-state index in [0.29, 0.717) is 0 Å². The van der Waals surface area contributed by atoms with Crippen molar-refractivity contribution >= 4 is 34.5 Å². The van der Waals surface area contributed by atoms with E-state index in [-0.39, 0.29) is 18.9 Å². The molecule has 0 aromatic rings. The Balaban J connectivity index is 0. The summed E-state index contributed by atoms with van der Waals surface area (Å²) in [6, 6.07) is 0. The van der Waals surface area contributed by atoms with Crippen molar-refractivity contribution in [1.29, 1.82) is 0 Å². The van der Waals surface area contributed by atoms with E-state index in [0.717, 1.165) is 0 Å². The van der Waals surface area contributed by atoms with E-state index in [9.17, 15) is 0 Å². The molecule has 3 nitrogen and oxygen atoms in total. The van der Waals surface area contributed by atoms with E-state index in [1.54, 1.807) is 0 Å². The van der Waals surface area contributed by atoms with Crippen LogP contribution in [0.15, 0.2) is 0 Å². The normalized spacial score (nSPS) is 10.3. The summed E-state index contributed by atoms with van der Waals surface area (Å²) in [5, 5.41) is 16.5. The zero-order valence-corrected chi connectivity index (χ0v) is 6.38. The second kappa shape index (κ2) is 4.56. The van der Waals surface area contributed by atoms with Crippen molar-refractivity contribution in [3.63, 3.8) is 0 Å². The molecule has 9 heavy (non-hydrogen) atoms. The summed E-state index contributed by atoms with van der Waals surface area (Å²) in [6.07, 6.45) is 0. The van der Waals surface area contributed by atoms with Crippen LogP contribution < -0.4 is 0 Å². The summed E-state index contributed by atoms with van der Waals surface area (Å²) < 4.78 is 4.69. The summed E-state index contributed by atoms with van der Waals surface area (Å²) in [4.78, 5) is 0. The predicted octanol–water partition coefficient (Wildman–Crippen LogP) is -0.841. The van der Waals surface area contributed by atoms with Crippen molar-refractivity contribution in [2.45, 2.75) is 19.6 Å². The minimum atomic E-state index is -1.72. The summed E-state index contributed by atoms with van der Waals surface area (Å²) in [6.45, 7) is 5.64. The monoisotopic (exact) mass is 142 g/mol. The first kappa shape index (κ1) is 12.4. The third-order valence-corrected chi connectivity index (χ3v) is 1.38. The van der Waals surface area contributed by atoms with Crippen LogP contribution in [0, 0.1) is 0 Å². The van der Waals surface area contributed by atoms with Crippen LogP contribution in [0.5, 0.6) is 0 Å². The topological polar surface area (TPSA) is 49.7 Å². The molecule has 0 unspecified atom stereocenters. The van der Waals surface area contributed by atoms with Gasteiger partial charge in [0.25, 0.3) is 0 Å². The average molecular weight is 142 g/mol. The van der Waals surface area contributed by atoms with Gasteiger partial charge in [-0.25, -0.2) is 0 Å². The molecule has 0 aromatic carbocycles. The fraction of sp³-hybridized carbons (Fsp3) is 1.00. The van der Waals surface area contributed by atoms with Gasteiger partial charge in [0.2, 0.25) is 0 Å². The molecule has 0 fully saturated rings. The Labute approximate surface area is 68.9 Å². The van der Waals surface area contributed by atoms with E-state index in [2.05, 4.69) is 4.34 Å². The van der Waals surface area contributed by atoms with Crippen LogP contribution in [0.25, 0.3) is 0 Å². The van der Waals surface area contributed by atoms with Gasteiger partial charge in [-0.2, -0.15) is 0 Å². The zero-order chi connectivity index (χ0) is 6.78. The Morgan fingerprint density at radius 1 is 1.22 bits per heavy atom. The molecule has 0 bridgehead atoms. The van der Waals surface area contributed by atoms with E-state index in [1.165, 1.54) is 0 Å². The first-order chi connectivity index (χ1) is 3.42. The molecule has 0 aliphatic carbocycles. The number of hydrogen-bond acceptors (Lipinski definition) is 3. The van der Waals surface area contributed by atoms with Gasteiger partial charge in [0, 0.05) is 0 Å². The van der Waals surface area contributed by atoms with Crippen molar-refractivity contribution in [2.75, 3.05) is 0 Å². The summed E-state index contributed by atoms with van der Waals surface area (Å²) in [5.41, 5.74) is 0. The number of rotatable bonds is 2. The maximum absolute atomic E-state index is 8.26. The van der Waals surface area contributed by atoms with Gasteiger partial charge in [0.1, 0.15) is 0 Å². The van der Waals surface area contributed by atoms with Crippen LogP contribution in [-0.2, 0) is 4.34 Å². The van der Waals surface area contributed by atoms with Crippen molar-refractivity contribution in [3.05, 3.63) is 0 Å². The second-order valence-electron chi connectivity index (χ2n) is 2.56. The SMILES string of the molecule is C[Si](C)(C)OB(O)O.[LiH]. The van der Waals surface area contributed by atoms with E-state index < -0.39 is 15.6 Å². The fourth-order valence-electron chi connectivity index (χ4n) is 0.316. The van der Waals surface area contributed by atoms with E-state index in [4.69, 9.17) is 10.0 Å². The van der Waals surface area contributed by atoms with Crippen LogP contribution in [-0.4, -0.2) is 44.5 Å². The van der Waals surface area contributed by atoms with Crippen LogP contribution in [0.2, 0.25) is 19.6 Å². The molecule has 0 aromatic heterocycles. The quantitative estimate of drug-likeness (QED) is 0.494. The van der Waals surface area contributed by atoms with Crippen molar-refractivity contribution in [1.82, 2.24) is 0 Å². The zero-order valence-electron chi connectivity index (χ0n) is 5.38. The van der Waals surface area contributed by atoms with Crippen LogP contribution in [0.1, 0.15) is 0 Å². The molecule has 2 N–H and O–H groups in total. The minimum absolute atomic E-state index is 0. The predicted molar refractivity (Wildman–Crippen MR) is 41.8 cm³/mol. The molecule has 0 atom stereocenters. The molecule has 0 aliphatic rings. The maximum atomic E-state index is 8.26. The molecule has 0 saturated heterocycles. The Kier molecular flexibility index (Phi) is 6.30. The third kappa shape index (κ3) is 12.1. The fourth-order valence-corrected chi connectivity index (χ4v) is 0.949. The van der Waals surface area contributed by atoms with E-state index in [1.807, 2.05) is 19.6 Å². The Morgan fingerprint density at radius 2 is 1.56 bits per heavy atom. The average Bonchev–Trinajstić information content (AvgIpc) is 1.21. The molecule has 0 heterocycles. The van der Waals surface area contributed by atoms with Crippen molar-refractivity contribution < 1.29 is 14.4 Å². The second-order valence-corrected chi connectivity index (χ2v) is 7.02. The summed E-state index contributed by atoms with van der Waals surface area (Å²) in [5.74, 6) is 0. The van der Waals surface area contributed by atoms with E-state index >= 15 is 0 Å². The first-order valence-corrected chi connectivity index (χ1v) is 5.86. The van der Waals surface area contributed by atoms with Crippen LogP contribution in [0.4, 0.5) is 0 Å². The van der Waals surface area contributed by atoms with Gasteiger partial charge in [0.15, 0.2) is 8.32 Å². The van der Waals surface area contributed by atoms with Crippen LogP contribution >= 0.6 is 0 Å². The summed E-state index contributed by atoms with van der Waals surface area (Å²) >= 11 is 0. The van der Waals surface area contributed by atoms with Gasteiger partial charge >= 0.3 is 26.2 Å². The molecular formula is C3H12BLiO3Si. The molecule has 50 valence electrons. The van der Waals surface area contributed by atoms with Gasteiger partial charge in [-0.05, 0) is 19.6 Å². The van der Waals surface area contributed by atoms with Gasteiger partial charge < -0.3 is 14.4 Å². The molecule has 0 saturated carbocycles. The van der Waals surface area contributed by atoms with Gasteiger partial charge in [-0.3, -0.25) is 0 Å². The molecule has 0 radical (unpaired) electrons. The Hall–Kier alpha value is 0.759. The Bertz CT molecular complexity index is 73.9. The molecular weight excluding hydrogens is 130 g/mol. The van der Waals surface area contributed by atoms with Gasteiger partial charge in [0.05, 0.1) is 0 Å². The van der Waals surface area contributed by atoms with Crippen LogP contribution in [0.3, 0.4) is 0 Å². The van der Waals surface area contributed by atoms with Gasteiger partial charge in [-0.1, -0.05) is 0 Å². The molecule has 0 aliphatic heterocycles. The summed E-state index contributed by atoms with van der Waals surface area (Å²) in [7, 11) is -3.32. The first-order valence-electron chi connectivity index (χ1n) is 2.46. The molecule has 0 rings (SSSR count). The standard InChI is InChI=1S/C3H11BO3Si.Li.H/c1-8(2,3)7-4(5)6;;/h5-6H,1-3H3;;. The van der Waals surface area contributed by atoms with Gasteiger partial charge in [-0.15, -0.1) is 0 Å².